The average molecular weight is 252 g/mol. The summed E-state index contributed by atoms with van der Waals surface area (Å²) in [6.45, 7) is 0. The van der Waals surface area contributed by atoms with Gasteiger partial charge in [-0.2, -0.15) is 17.6 Å². The molecule has 0 aliphatic rings. The van der Waals surface area contributed by atoms with Crippen molar-refractivity contribution in [1.29, 1.82) is 0 Å². The van der Waals surface area contributed by atoms with Crippen LogP contribution in [0.5, 0.6) is 0 Å². The Morgan fingerprint density at radius 3 is 2.47 bits per heavy atom. The summed E-state index contributed by atoms with van der Waals surface area (Å²) in [5, 5.41) is 21.9. The largest absolute Gasteiger partial charge is 0.489 e. The molecule has 0 bridgehead atoms. The number of hydrogen-bond donors (Lipinski definition) is 2. The van der Waals surface area contributed by atoms with Crippen LogP contribution in [0.15, 0.2) is 47.6 Å². The monoisotopic (exact) mass is 252 g/mol. The Hall–Kier alpha value is -1.64. The first kappa shape index (κ1) is 11.8. The molecule has 0 unspecified atom stereocenters. The summed E-state index contributed by atoms with van der Waals surface area (Å²) in [6, 6.07) is 7.13. The van der Waals surface area contributed by atoms with Crippen molar-refractivity contribution in [3.63, 3.8) is 0 Å². The number of benzene rings is 1. The summed E-state index contributed by atoms with van der Waals surface area (Å²) in [5.41, 5.74) is -0.0806. The molecule has 0 aliphatic carbocycles. The van der Waals surface area contributed by atoms with E-state index in [-0.39, 0.29) is 10.4 Å². The maximum absolute atomic E-state index is 12.1. The Balaban J connectivity index is 2.62. The average Bonchev–Trinajstić information content (AvgIpc) is 2.83. The molecule has 1 aromatic heterocycles. The molecule has 0 aliphatic heterocycles. The van der Waals surface area contributed by atoms with E-state index in [0.717, 1.165) is 4.09 Å². The van der Waals surface area contributed by atoms with Crippen LogP contribution in [-0.2, 0) is 10.0 Å². The molecular formula is C9H9BN2O4S. The van der Waals surface area contributed by atoms with Crippen molar-refractivity contribution in [2.45, 2.75) is 4.90 Å². The summed E-state index contributed by atoms with van der Waals surface area (Å²) >= 11 is 0. The molecule has 1 aromatic carbocycles. The molecule has 0 atom stereocenters. The van der Waals surface area contributed by atoms with Crippen molar-refractivity contribution >= 4 is 22.6 Å². The van der Waals surface area contributed by atoms with Crippen LogP contribution in [-0.4, -0.2) is 34.8 Å². The highest BCUT2D eigenvalue weighted by molar-refractivity contribution is 7.90. The van der Waals surface area contributed by atoms with Gasteiger partial charge < -0.3 is 10.0 Å². The van der Waals surface area contributed by atoms with E-state index in [1.165, 1.54) is 42.7 Å². The molecule has 17 heavy (non-hydrogen) atoms. The third kappa shape index (κ3) is 2.10. The molecule has 6 nitrogen and oxygen atoms in total. The van der Waals surface area contributed by atoms with Gasteiger partial charge in [-0.25, -0.2) is 0 Å². The molecule has 0 amide bonds. The molecule has 2 aromatic rings. The van der Waals surface area contributed by atoms with Gasteiger partial charge in [0.2, 0.25) is 0 Å². The van der Waals surface area contributed by atoms with Crippen molar-refractivity contribution in [2.75, 3.05) is 0 Å². The van der Waals surface area contributed by atoms with E-state index in [2.05, 4.69) is 5.10 Å². The van der Waals surface area contributed by atoms with E-state index in [1.807, 2.05) is 0 Å². The van der Waals surface area contributed by atoms with Crippen LogP contribution in [0.1, 0.15) is 0 Å². The summed E-state index contributed by atoms with van der Waals surface area (Å²) in [7, 11) is -5.74. The fourth-order valence-corrected chi connectivity index (χ4v) is 2.76. The molecule has 1 heterocycles. The van der Waals surface area contributed by atoms with Crippen molar-refractivity contribution in [2.24, 2.45) is 0 Å². The smallest absolute Gasteiger partial charge is 0.423 e. The second-order valence-corrected chi connectivity index (χ2v) is 5.06. The van der Waals surface area contributed by atoms with Crippen molar-refractivity contribution in [3.8, 4) is 0 Å². The van der Waals surface area contributed by atoms with Gasteiger partial charge in [-0.3, -0.25) is 0 Å². The topological polar surface area (TPSA) is 92.4 Å². The van der Waals surface area contributed by atoms with E-state index in [9.17, 15) is 8.42 Å². The van der Waals surface area contributed by atoms with Gasteiger partial charge in [-0.05, 0) is 12.1 Å². The van der Waals surface area contributed by atoms with Crippen LogP contribution in [0, 0.1) is 0 Å². The first-order valence-electron chi connectivity index (χ1n) is 4.74. The molecular weight excluding hydrogens is 243 g/mol. The molecule has 8 heteroatoms. The molecule has 0 saturated heterocycles. The minimum absolute atomic E-state index is 0.0806. The lowest BCUT2D eigenvalue weighted by Gasteiger charge is -2.09. The molecule has 0 spiro atoms. The zero-order valence-corrected chi connectivity index (χ0v) is 9.45. The zero-order valence-electron chi connectivity index (χ0n) is 8.63. The van der Waals surface area contributed by atoms with Crippen LogP contribution in [0.4, 0.5) is 0 Å². The van der Waals surface area contributed by atoms with Gasteiger partial charge in [0, 0.05) is 11.7 Å². The van der Waals surface area contributed by atoms with Gasteiger partial charge in [0.15, 0.2) is 0 Å². The maximum atomic E-state index is 12.1. The number of nitrogens with zero attached hydrogens (tertiary/aromatic N) is 2. The van der Waals surface area contributed by atoms with Gasteiger partial charge in [-0.1, -0.05) is 18.2 Å². The lowest BCUT2D eigenvalue weighted by molar-refractivity contribution is 0.424. The Labute approximate surface area is 98.3 Å². The van der Waals surface area contributed by atoms with Gasteiger partial charge in [0.1, 0.15) is 0 Å². The lowest BCUT2D eigenvalue weighted by atomic mass is 9.80. The van der Waals surface area contributed by atoms with E-state index >= 15 is 0 Å². The first-order valence-corrected chi connectivity index (χ1v) is 6.18. The highest BCUT2D eigenvalue weighted by Crippen LogP contribution is 2.10. The minimum atomic E-state index is -3.89. The predicted octanol–water partition coefficient (Wildman–Crippen LogP) is -1.20. The molecule has 2 rings (SSSR count). The number of aromatic nitrogens is 2. The standard InChI is InChI=1S/C9H9BN2O4S/c13-10(14)8-4-1-2-5-9(8)17(15,16)12-7-3-6-11-12/h1-7,13-14H. The second-order valence-electron chi connectivity index (χ2n) is 3.30. The normalized spacial score (nSPS) is 11.4. The van der Waals surface area contributed by atoms with E-state index < -0.39 is 17.1 Å². The summed E-state index contributed by atoms with van der Waals surface area (Å²) in [6.07, 6.45) is 2.60. The fourth-order valence-electron chi connectivity index (χ4n) is 1.43. The Kier molecular flexibility index (Phi) is 3.01. The SMILES string of the molecule is O=S(=O)(c1ccccc1B(O)O)n1cccn1. The van der Waals surface area contributed by atoms with E-state index in [0.29, 0.717) is 0 Å². The summed E-state index contributed by atoms with van der Waals surface area (Å²) in [5.74, 6) is 0. The third-order valence-corrected chi connectivity index (χ3v) is 3.84. The maximum Gasteiger partial charge on any atom is 0.489 e. The Bertz CT molecular complexity index is 610. The first-order chi connectivity index (χ1) is 8.03. The summed E-state index contributed by atoms with van der Waals surface area (Å²) < 4.78 is 25.0. The molecule has 0 radical (unpaired) electrons. The highest BCUT2D eigenvalue weighted by atomic mass is 32.2. The van der Waals surface area contributed by atoms with Gasteiger partial charge >= 0.3 is 7.12 Å². The quantitative estimate of drug-likeness (QED) is 0.669. The van der Waals surface area contributed by atoms with Crippen LogP contribution >= 0.6 is 0 Å². The van der Waals surface area contributed by atoms with E-state index in [1.54, 1.807) is 0 Å². The Morgan fingerprint density at radius 2 is 1.88 bits per heavy atom. The van der Waals surface area contributed by atoms with Gasteiger partial charge in [0.25, 0.3) is 10.0 Å². The van der Waals surface area contributed by atoms with Crippen molar-refractivity contribution in [3.05, 3.63) is 42.7 Å². The summed E-state index contributed by atoms with van der Waals surface area (Å²) in [4.78, 5) is -0.182. The Morgan fingerprint density at radius 1 is 1.18 bits per heavy atom. The predicted molar refractivity (Wildman–Crippen MR) is 61.1 cm³/mol. The van der Waals surface area contributed by atoms with Crippen LogP contribution in [0.3, 0.4) is 0 Å². The van der Waals surface area contributed by atoms with Gasteiger partial charge in [0.05, 0.1) is 11.1 Å². The highest BCUT2D eigenvalue weighted by Gasteiger charge is 2.25. The van der Waals surface area contributed by atoms with Crippen molar-refractivity contribution in [1.82, 2.24) is 9.19 Å². The van der Waals surface area contributed by atoms with Crippen molar-refractivity contribution < 1.29 is 18.5 Å². The fraction of sp³-hybridized carbons (Fsp3) is 0. The third-order valence-electron chi connectivity index (χ3n) is 2.20. The molecule has 0 saturated carbocycles. The second kappa shape index (κ2) is 4.32. The van der Waals surface area contributed by atoms with Gasteiger partial charge in [-0.15, -0.1) is 0 Å². The zero-order chi connectivity index (χ0) is 12.5. The molecule has 2 N–H and O–H groups in total. The van der Waals surface area contributed by atoms with Crippen LogP contribution < -0.4 is 5.46 Å². The molecule has 88 valence electrons. The molecule has 0 fully saturated rings. The minimum Gasteiger partial charge on any atom is -0.423 e. The van der Waals surface area contributed by atoms with E-state index in [4.69, 9.17) is 10.0 Å². The number of hydrogen-bond acceptors (Lipinski definition) is 5. The number of rotatable bonds is 3. The lowest BCUT2D eigenvalue weighted by Crippen LogP contribution is -2.35. The van der Waals surface area contributed by atoms with Crippen LogP contribution in [0.25, 0.3) is 0 Å². The van der Waals surface area contributed by atoms with Crippen LogP contribution in [0.2, 0.25) is 0 Å².